The lowest BCUT2D eigenvalue weighted by Gasteiger charge is -2.10. The highest BCUT2D eigenvalue weighted by atomic mass is 32.2. The topological polar surface area (TPSA) is 81.7 Å². The van der Waals surface area contributed by atoms with E-state index in [4.69, 9.17) is 9.47 Å². The summed E-state index contributed by atoms with van der Waals surface area (Å²) in [6, 6.07) is 13.4. The van der Waals surface area contributed by atoms with E-state index in [0.717, 1.165) is 24.2 Å². The molecule has 2 aromatic rings. The SMILES string of the molecule is Cc1ccccc1OCCOC(=O)c1cccc(S(=O)(=O)NC2CC2)c1. The van der Waals surface area contributed by atoms with Crippen LogP contribution in [0, 0.1) is 6.92 Å². The van der Waals surface area contributed by atoms with E-state index in [0.29, 0.717) is 0 Å². The summed E-state index contributed by atoms with van der Waals surface area (Å²) < 4.78 is 37.8. The second-order valence-electron chi connectivity index (χ2n) is 6.17. The highest BCUT2D eigenvalue weighted by molar-refractivity contribution is 7.89. The number of esters is 1. The van der Waals surface area contributed by atoms with Crippen LogP contribution in [0.25, 0.3) is 0 Å². The van der Waals surface area contributed by atoms with Crippen molar-refractivity contribution < 1.29 is 22.7 Å². The van der Waals surface area contributed by atoms with E-state index in [2.05, 4.69) is 4.72 Å². The Morgan fingerprint density at radius 1 is 1.12 bits per heavy atom. The maximum Gasteiger partial charge on any atom is 0.338 e. The molecule has 1 aliphatic carbocycles. The summed E-state index contributed by atoms with van der Waals surface area (Å²) in [4.78, 5) is 12.2. The number of carbonyl (C=O) groups excluding carboxylic acids is 1. The molecule has 3 rings (SSSR count). The Morgan fingerprint density at radius 3 is 2.62 bits per heavy atom. The molecule has 26 heavy (non-hydrogen) atoms. The first kappa shape index (κ1) is 18.4. The zero-order valence-corrected chi connectivity index (χ0v) is 15.3. The van der Waals surface area contributed by atoms with Crippen molar-refractivity contribution in [2.75, 3.05) is 13.2 Å². The van der Waals surface area contributed by atoms with Gasteiger partial charge in [0.15, 0.2) is 0 Å². The molecule has 1 saturated carbocycles. The van der Waals surface area contributed by atoms with Crippen molar-refractivity contribution in [1.82, 2.24) is 4.72 Å². The minimum atomic E-state index is -3.60. The lowest BCUT2D eigenvalue weighted by molar-refractivity contribution is 0.0450. The van der Waals surface area contributed by atoms with Crippen LogP contribution in [-0.2, 0) is 14.8 Å². The number of sulfonamides is 1. The molecule has 0 aliphatic heterocycles. The summed E-state index contributed by atoms with van der Waals surface area (Å²) in [5.41, 5.74) is 1.19. The van der Waals surface area contributed by atoms with Crippen molar-refractivity contribution in [2.45, 2.75) is 30.7 Å². The Kier molecular flexibility index (Phi) is 5.58. The van der Waals surface area contributed by atoms with Gasteiger partial charge in [-0.05, 0) is 49.6 Å². The molecule has 0 amide bonds. The van der Waals surface area contributed by atoms with Crippen molar-refractivity contribution in [3.05, 3.63) is 59.7 Å². The second kappa shape index (κ2) is 7.88. The van der Waals surface area contributed by atoms with Gasteiger partial charge in [-0.3, -0.25) is 0 Å². The normalized spacial score (nSPS) is 14.0. The van der Waals surface area contributed by atoms with Gasteiger partial charge in [0.25, 0.3) is 0 Å². The first-order valence-electron chi connectivity index (χ1n) is 8.44. The third kappa shape index (κ3) is 4.83. The highest BCUT2D eigenvalue weighted by Gasteiger charge is 2.28. The highest BCUT2D eigenvalue weighted by Crippen LogP contribution is 2.22. The molecule has 7 heteroatoms. The standard InChI is InChI=1S/C19H21NO5S/c1-14-5-2-3-8-18(14)24-11-12-25-19(21)15-6-4-7-17(13-15)26(22,23)20-16-9-10-16/h2-8,13,16,20H,9-12H2,1H3. The van der Waals surface area contributed by atoms with E-state index < -0.39 is 16.0 Å². The van der Waals surface area contributed by atoms with E-state index in [9.17, 15) is 13.2 Å². The molecule has 0 spiro atoms. The summed E-state index contributed by atoms with van der Waals surface area (Å²) in [6.45, 7) is 2.23. The fourth-order valence-electron chi connectivity index (χ4n) is 2.37. The monoisotopic (exact) mass is 375 g/mol. The molecule has 1 aliphatic rings. The van der Waals surface area contributed by atoms with Gasteiger partial charge in [-0.2, -0.15) is 0 Å². The number of hydrogen-bond acceptors (Lipinski definition) is 5. The van der Waals surface area contributed by atoms with Gasteiger partial charge in [-0.1, -0.05) is 24.3 Å². The van der Waals surface area contributed by atoms with E-state index in [1.807, 2.05) is 31.2 Å². The molecule has 0 heterocycles. The number of rotatable bonds is 8. The Morgan fingerprint density at radius 2 is 1.88 bits per heavy atom. The number of hydrogen-bond donors (Lipinski definition) is 1. The average molecular weight is 375 g/mol. The van der Waals surface area contributed by atoms with Crippen LogP contribution in [0.5, 0.6) is 5.75 Å². The molecule has 0 radical (unpaired) electrons. The maximum absolute atomic E-state index is 12.2. The number of para-hydroxylation sites is 1. The number of aryl methyl sites for hydroxylation is 1. The van der Waals surface area contributed by atoms with Crippen LogP contribution in [0.4, 0.5) is 0 Å². The molecule has 0 unspecified atom stereocenters. The van der Waals surface area contributed by atoms with E-state index >= 15 is 0 Å². The summed E-state index contributed by atoms with van der Waals surface area (Å²) in [5, 5.41) is 0. The van der Waals surface area contributed by atoms with Crippen molar-refractivity contribution in [3.8, 4) is 5.75 Å². The molecule has 0 saturated heterocycles. The van der Waals surface area contributed by atoms with Gasteiger partial charge in [-0.25, -0.2) is 17.9 Å². The van der Waals surface area contributed by atoms with Crippen LogP contribution in [0.1, 0.15) is 28.8 Å². The largest absolute Gasteiger partial charge is 0.490 e. The smallest absolute Gasteiger partial charge is 0.338 e. The molecule has 1 N–H and O–H groups in total. The van der Waals surface area contributed by atoms with Crippen LogP contribution < -0.4 is 9.46 Å². The van der Waals surface area contributed by atoms with Crippen molar-refractivity contribution in [1.29, 1.82) is 0 Å². The predicted molar refractivity (Wildman–Crippen MR) is 96.7 cm³/mol. The summed E-state index contributed by atoms with van der Waals surface area (Å²) in [6.07, 6.45) is 1.70. The van der Waals surface area contributed by atoms with Crippen LogP contribution in [0.3, 0.4) is 0 Å². The Hall–Kier alpha value is -2.38. The minimum absolute atomic E-state index is 0.00852. The van der Waals surface area contributed by atoms with Gasteiger partial charge >= 0.3 is 5.97 Å². The lowest BCUT2D eigenvalue weighted by Crippen LogP contribution is -2.26. The van der Waals surface area contributed by atoms with Crippen LogP contribution in [0.15, 0.2) is 53.4 Å². The zero-order valence-electron chi connectivity index (χ0n) is 14.5. The third-order valence-corrected chi connectivity index (χ3v) is 5.47. The van der Waals surface area contributed by atoms with Gasteiger partial charge in [0, 0.05) is 6.04 Å². The summed E-state index contributed by atoms with van der Waals surface area (Å²) >= 11 is 0. The lowest BCUT2D eigenvalue weighted by atomic mass is 10.2. The number of benzene rings is 2. The fourth-order valence-corrected chi connectivity index (χ4v) is 3.72. The Bertz CT molecular complexity index is 890. The van der Waals surface area contributed by atoms with Crippen molar-refractivity contribution in [3.63, 3.8) is 0 Å². The second-order valence-corrected chi connectivity index (χ2v) is 7.89. The van der Waals surface area contributed by atoms with E-state index in [1.54, 1.807) is 0 Å². The van der Waals surface area contributed by atoms with E-state index in [1.165, 1.54) is 24.3 Å². The van der Waals surface area contributed by atoms with Gasteiger partial charge in [0.2, 0.25) is 10.0 Å². The number of ether oxygens (including phenoxy) is 2. The quantitative estimate of drug-likeness (QED) is 0.567. The Labute approximate surface area is 153 Å². The van der Waals surface area contributed by atoms with Crippen molar-refractivity contribution in [2.24, 2.45) is 0 Å². The molecule has 0 bridgehead atoms. The number of carbonyl (C=O) groups is 1. The van der Waals surface area contributed by atoms with Crippen LogP contribution in [-0.4, -0.2) is 33.6 Å². The molecule has 2 aromatic carbocycles. The molecule has 0 atom stereocenters. The first-order chi connectivity index (χ1) is 12.5. The van der Waals surface area contributed by atoms with Crippen LogP contribution in [0.2, 0.25) is 0 Å². The number of nitrogens with one attached hydrogen (secondary N) is 1. The van der Waals surface area contributed by atoms with Gasteiger partial charge in [0.05, 0.1) is 10.5 Å². The Balaban J connectivity index is 1.54. The molecular weight excluding hydrogens is 354 g/mol. The predicted octanol–water partition coefficient (Wildman–Crippen LogP) is 2.67. The molecule has 138 valence electrons. The zero-order chi connectivity index (χ0) is 18.6. The van der Waals surface area contributed by atoms with E-state index in [-0.39, 0.29) is 29.7 Å². The third-order valence-electron chi connectivity index (χ3n) is 3.95. The van der Waals surface area contributed by atoms with Gasteiger partial charge < -0.3 is 9.47 Å². The first-order valence-corrected chi connectivity index (χ1v) is 9.92. The summed E-state index contributed by atoms with van der Waals surface area (Å²) in [5.74, 6) is 0.157. The average Bonchev–Trinajstić information content (AvgIpc) is 3.43. The van der Waals surface area contributed by atoms with Gasteiger partial charge in [-0.15, -0.1) is 0 Å². The molecule has 1 fully saturated rings. The maximum atomic E-state index is 12.2. The summed E-state index contributed by atoms with van der Waals surface area (Å²) in [7, 11) is -3.60. The van der Waals surface area contributed by atoms with Crippen LogP contribution >= 0.6 is 0 Å². The fraction of sp³-hybridized carbons (Fsp3) is 0.316. The molecular formula is C19H21NO5S. The minimum Gasteiger partial charge on any atom is -0.490 e. The van der Waals surface area contributed by atoms with Gasteiger partial charge in [0.1, 0.15) is 19.0 Å². The molecule has 6 nitrogen and oxygen atoms in total. The molecule has 0 aromatic heterocycles. The van der Waals surface area contributed by atoms with Crippen molar-refractivity contribution >= 4 is 16.0 Å².